The molecule has 0 saturated carbocycles. The number of terminal acetylenes is 1. The topological polar surface area (TPSA) is 55.9 Å². The fraction of sp³-hybridized carbons (Fsp3) is 0.778. The van der Waals surface area contributed by atoms with Gasteiger partial charge in [0.15, 0.2) is 0 Å². The summed E-state index contributed by atoms with van der Waals surface area (Å²) in [7, 11) is 0. The number of carbonyl (C=O) groups excluding carboxylic acids is 2. The summed E-state index contributed by atoms with van der Waals surface area (Å²) in [5, 5.41) is 3.00. The van der Waals surface area contributed by atoms with Crippen molar-refractivity contribution in [2.75, 3.05) is 39.3 Å². The van der Waals surface area contributed by atoms with Crippen molar-refractivity contribution in [2.24, 2.45) is 0 Å². The highest BCUT2D eigenvalue weighted by Gasteiger charge is 2.31. The molecule has 6 heteroatoms. The molecule has 0 aliphatic carbocycles. The van der Waals surface area contributed by atoms with E-state index in [9.17, 15) is 9.59 Å². The van der Waals surface area contributed by atoms with Crippen molar-refractivity contribution in [3.8, 4) is 12.3 Å². The van der Waals surface area contributed by atoms with E-state index in [-0.39, 0.29) is 24.0 Å². The van der Waals surface area contributed by atoms with E-state index in [2.05, 4.69) is 16.1 Å². The van der Waals surface area contributed by atoms with Crippen molar-refractivity contribution in [1.29, 1.82) is 0 Å². The van der Waals surface area contributed by atoms with Crippen LogP contribution in [-0.2, 0) is 4.79 Å². The van der Waals surface area contributed by atoms with Gasteiger partial charge in [-0.05, 0) is 26.2 Å². The molecule has 0 bridgehead atoms. The Morgan fingerprint density at radius 1 is 1.08 bits per heavy atom. The van der Waals surface area contributed by atoms with E-state index in [0.717, 1.165) is 45.4 Å². The summed E-state index contributed by atoms with van der Waals surface area (Å²) in [6, 6.07) is -0.107. The van der Waals surface area contributed by atoms with Gasteiger partial charge in [-0.1, -0.05) is 6.92 Å². The third-order valence-corrected chi connectivity index (χ3v) is 5.11. The first kappa shape index (κ1) is 18.6. The first-order chi connectivity index (χ1) is 11.6. The minimum absolute atomic E-state index is 0.0381. The summed E-state index contributed by atoms with van der Waals surface area (Å²) in [6.45, 7) is 8.55. The van der Waals surface area contributed by atoms with Crippen LogP contribution in [0.25, 0.3) is 0 Å². The molecule has 134 valence electrons. The first-order valence-corrected chi connectivity index (χ1v) is 9.08. The van der Waals surface area contributed by atoms with Crippen molar-refractivity contribution in [2.45, 2.75) is 51.6 Å². The number of carbonyl (C=O) groups is 2. The van der Waals surface area contributed by atoms with Crippen LogP contribution in [0.1, 0.15) is 39.5 Å². The molecule has 3 amide bonds. The molecule has 0 spiro atoms. The zero-order chi connectivity index (χ0) is 17.5. The van der Waals surface area contributed by atoms with Gasteiger partial charge in [-0.3, -0.25) is 9.69 Å². The number of piperazine rings is 1. The van der Waals surface area contributed by atoms with Crippen LogP contribution >= 0.6 is 0 Å². The zero-order valence-corrected chi connectivity index (χ0v) is 15.0. The van der Waals surface area contributed by atoms with Crippen LogP contribution in [-0.4, -0.2) is 78.0 Å². The molecule has 1 N–H and O–H groups in total. The fourth-order valence-corrected chi connectivity index (χ4v) is 3.38. The lowest BCUT2D eigenvalue weighted by molar-refractivity contribution is -0.135. The number of hydrogen-bond donors (Lipinski definition) is 1. The predicted octanol–water partition coefficient (Wildman–Crippen LogP) is 1.13. The van der Waals surface area contributed by atoms with Crippen molar-refractivity contribution < 1.29 is 9.59 Å². The largest absolute Gasteiger partial charge is 0.341 e. The minimum atomic E-state index is -0.0989. The molecular formula is C18H30N4O2. The maximum atomic E-state index is 12.5. The molecule has 2 aliphatic rings. The fourth-order valence-electron chi connectivity index (χ4n) is 3.38. The number of rotatable bonds is 5. The molecule has 2 aliphatic heterocycles. The Morgan fingerprint density at radius 3 is 2.25 bits per heavy atom. The van der Waals surface area contributed by atoms with E-state index in [1.54, 1.807) is 0 Å². The lowest BCUT2D eigenvalue weighted by atomic mass is 10.1. The van der Waals surface area contributed by atoms with Gasteiger partial charge in [-0.2, -0.15) is 0 Å². The van der Waals surface area contributed by atoms with Gasteiger partial charge >= 0.3 is 6.03 Å². The van der Waals surface area contributed by atoms with Crippen LogP contribution in [0, 0.1) is 12.3 Å². The normalized spacial score (nSPS) is 21.2. The third kappa shape index (κ3) is 4.64. The van der Waals surface area contributed by atoms with Gasteiger partial charge in [0, 0.05) is 51.7 Å². The van der Waals surface area contributed by atoms with E-state index in [1.807, 2.05) is 23.6 Å². The Bertz CT molecular complexity index is 474. The van der Waals surface area contributed by atoms with E-state index < -0.39 is 0 Å². The quantitative estimate of drug-likeness (QED) is 0.767. The van der Waals surface area contributed by atoms with Gasteiger partial charge in [0.1, 0.15) is 0 Å². The van der Waals surface area contributed by atoms with Crippen LogP contribution in [0.4, 0.5) is 4.79 Å². The zero-order valence-electron chi connectivity index (χ0n) is 15.0. The molecule has 0 aromatic carbocycles. The summed E-state index contributed by atoms with van der Waals surface area (Å²) >= 11 is 0. The number of likely N-dealkylation sites (tertiary alicyclic amines) is 1. The molecule has 2 saturated heterocycles. The van der Waals surface area contributed by atoms with Crippen LogP contribution in [0.15, 0.2) is 0 Å². The molecule has 0 aromatic heterocycles. The average Bonchev–Trinajstić information content (AvgIpc) is 3.14. The van der Waals surface area contributed by atoms with Crippen molar-refractivity contribution in [3.63, 3.8) is 0 Å². The average molecular weight is 334 g/mol. The maximum absolute atomic E-state index is 12.5. The van der Waals surface area contributed by atoms with Gasteiger partial charge in [0.05, 0.1) is 6.04 Å². The molecule has 24 heavy (non-hydrogen) atoms. The van der Waals surface area contributed by atoms with Gasteiger partial charge < -0.3 is 15.1 Å². The number of nitrogens with zero attached hydrogens (tertiary/aromatic N) is 3. The highest BCUT2D eigenvalue weighted by molar-refractivity contribution is 5.81. The smallest absolute Gasteiger partial charge is 0.317 e. The Kier molecular flexibility index (Phi) is 6.92. The van der Waals surface area contributed by atoms with Gasteiger partial charge in [-0.15, -0.1) is 12.3 Å². The molecule has 2 unspecified atom stereocenters. The van der Waals surface area contributed by atoms with Crippen LogP contribution < -0.4 is 5.32 Å². The maximum Gasteiger partial charge on any atom is 0.317 e. The first-order valence-electron chi connectivity index (χ1n) is 9.08. The van der Waals surface area contributed by atoms with Crippen LogP contribution in [0.2, 0.25) is 0 Å². The molecule has 2 rings (SSSR count). The van der Waals surface area contributed by atoms with E-state index in [0.29, 0.717) is 19.5 Å². The minimum Gasteiger partial charge on any atom is -0.341 e. The highest BCUT2D eigenvalue weighted by Crippen LogP contribution is 2.14. The van der Waals surface area contributed by atoms with Gasteiger partial charge in [0.2, 0.25) is 5.91 Å². The molecule has 2 atom stereocenters. The molecule has 0 aromatic rings. The van der Waals surface area contributed by atoms with Gasteiger partial charge in [0.25, 0.3) is 0 Å². The Labute approximate surface area is 145 Å². The number of urea groups is 1. The van der Waals surface area contributed by atoms with E-state index in [4.69, 9.17) is 6.42 Å². The van der Waals surface area contributed by atoms with Crippen molar-refractivity contribution >= 4 is 11.9 Å². The monoisotopic (exact) mass is 334 g/mol. The standard InChI is InChI=1S/C18H30N4O2/c1-4-8-16(5-2)19-18(24)22-13-11-20(12-14-22)15(3)17(23)21-9-6-7-10-21/h1,15-16H,5-14H2,2-3H3,(H,19,24). The second kappa shape index (κ2) is 8.93. The molecule has 2 fully saturated rings. The number of hydrogen-bond acceptors (Lipinski definition) is 3. The number of nitrogens with one attached hydrogen (secondary N) is 1. The lowest BCUT2D eigenvalue weighted by Gasteiger charge is -2.38. The van der Waals surface area contributed by atoms with E-state index >= 15 is 0 Å². The number of amides is 3. The third-order valence-electron chi connectivity index (χ3n) is 5.11. The molecule has 6 nitrogen and oxygen atoms in total. The highest BCUT2D eigenvalue weighted by atomic mass is 16.2. The van der Waals surface area contributed by atoms with Crippen molar-refractivity contribution in [1.82, 2.24) is 20.0 Å². The Hall–Kier alpha value is -1.74. The van der Waals surface area contributed by atoms with Crippen molar-refractivity contribution in [3.05, 3.63) is 0 Å². The summed E-state index contributed by atoms with van der Waals surface area (Å²) in [4.78, 5) is 30.8. The Morgan fingerprint density at radius 2 is 1.71 bits per heavy atom. The summed E-state index contributed by atoms with van der Waals surface area (Å²) in [5.74, 6) is 2.83. The van der Waals surface area contributed by atoms with Gasteiger partial charge in [-0.25, -0.2) is 4.79 Å². The molecule has 0 radical (unpaired) electrons. The van der Waals surface area contributed by atoms with Crippen LogP contribution in [0.3, 0.4) is 0 Å². The summed E-state index contributed by atoms with van der Waals surface area (Å²) in [6.07, 6.45) is 8.95. The van der Waals surface area contributed by atoms with Crippen LogP contribution in [0.5, 0.6) is 0 Å². The SMILES string of the molecule is C#CCC(CC)NC(=O)N1CCN(C(C)C(=O)N2CCCC2)CC1. The summed E-state index contributed by atoms with van der Waals surface area (Å²) in [5.41, 5.74) is 0. The molecule has 2 heterocycles. The second-order valence-electron chi connectivity index (χ2n) is 6.69. The lowest BCUT2D eigenvalue weighted by Crippen LogP contribution is -2.57. The Balaban J connectivity index is 1.79. The molecular weight excluding hydrogens is 304 g/mol. The second-order valence-corrected chi connectivity index (χ2v) is 6.69. The van der Waals surface area contributed by atoms with E-state index in [1.165, 1.54) is 0 Å². The predicted molar refractivity (Wildman–Crippen MR) is 94.5 cm³/mol. The summed E-state index contributed by atoms with van der Waals surface area (Å²) < 4.78 is 0.